The first-order valence-corrected chi connectivity index (χ1v) is 16.8. The summed E-state index contributed by atoms with van der Waals surface area (Å²) in [7, 11) is -3.71. The molecule has 4 rings (SSSR count). The Morgan fingerprint density at radius 2 is 1.60 bits per heavy atom. The number of aromatic nitrogens is 2. The number of aliphatic hydroxyl groups is 2. The van der Waals surface area contributed by atoms with Crippen molar-refractivity contribution >= 4 is 21.7 Å². The summed E-state index contributed by atoms with van der Waals surface area (Å²) < 4.78 is 38.9. The number of carbonyl (C=O) groups is 2. The van der Waals surface area contributed by atoms with Gasteiger partial charge in [0.2, 0.25) is 11.8 Å². The topological polar surface area (TPSA) is 161 Å². The summed E-state index contributed by atoms with van der Waals surface area (Å²) in [5.74, 6) is -3.18. The van der Waals surface area contributed by atoms with E-state index in [-0.39, 0.29) is 25.2 Å². The SMILES string of the molecule is CC(C)(C)S(=O)(=O)C[C@@H](Cc1ccccc1)C(=O)N[C@@H](Cc1cnc[nH]1)C(=O)N[C@@H](Cc1ccc(F)cc1)[C@@H](O)[C@@H](O)C1CC1. The number of nitrogens with one attached hydrogen (secondary N) is 3. The quantitative estimate of drug-likeness (QED) is 0.170. The molecule has 3 aromatic rings. The number of benzene rings is 2. The number of hydrogen-bond acceptors (Lipinski definition) is 7. The van der Waals surface area contributed by atoms with Crippen LogP contribution in [0.5, 0.6) is 0 Å². The third kappa shape index (κ3) is 9.69. The largest absolute Gasteiger partial charge is 0.390 e. The van der Waals surface area contributed by atoms with Crippen LogP contribution in [0.1, 0.15) is 50.4 Å². The highest BCUT2D eigenvalue weighted by Gasteiger charge is 2.40. The number of sulfone groups is 1. The van der Waals surface area contributed by atoms with E-state index in [4.69, 9.17) is 0 Å². The van der Waals surface area contributed by atoms with Crippen LogP contribution in [0.4, 0.5) is 4.39 Å². The van der Waals surface area contributed by atoms with Crippen molar-refractivity contribution in [2.75, 3.05) is 5.75 Å². The average Bonchev–Trinajstić information content (AvgIpc) is 3.72. The number of amides is 2. The molecular weight excluding hydrogens is 599 g/mol. The van der Waals surface area contributed by atoms with Crippen molar-refractivity contribution < 1.29 is 32.6 Å². The molecule has 1 heterocycles. The van der Waals surface area contributed by atoms with E-state index in [2.05, 4.69) is 20.6 Å². The van der Waals surface area contributed by atoms with Gasteiger partial charge in [0.25, 0.3) is 0 Å². The van der Waals surface area contributed by atoms with E-state index in [1.165, 1.54) is 24.7 Å². The Morgan fingerprint density at radius 1 is 0.956 bits per heavy atom. The van der Waals surface area contributed by atoms with Crippen molar-refractivity contribution in [3.63, 3.8) is 0 Å². The molecule has 0 unspecified atom stereocenters. The molecular formula is C33H43FN4O6S. The fraction of sp³-hybridized carbons (Fsp3) is 0.485. The molecule has 0 spiro atoms. The van der Waals surface area contributed by atoms with Gasteiger partial charge in [-0.25, -0.2) is 17.8 Å². The van der Waals surface area contributed by atoms with E-state index in [0.29, 0.717) is 11.3 Å². The molecule has 0 radical (unpaired) electrons. The molecule has 5 N–H and O–H groups in total. The molecule has 244 valence electrons. The van der Waals surface area contributed by atoms with Gasteiger partial charge in [-0.3, -0.25) is 9.59 Å². The number of aromatic amines is 1. The van der Waals surface area contributed by atoms with Gasteiger partial charge in [-0.2, -0.15) is 0 Å². The summed E-state index contributed by atoms with van der Waals surface area (Å²) in [6.07, 6.45) is 2.32. The zero-order valence-electron chi connectivity index (χ0n) is 25.8. The van der Waals surface area contributed by atoms with Gasteiger partial charge >= 0.3 is 0 Å². The van der Waals surface area contributed by atoms with Crippen LogP contribution in [0, 0.1) is 17.7 Å². The molecule has 0 saturated heterocycles. The smallest absolute Gasteiger partial charge is 0.243 e. The van der Waals surface area contributed by atoms with Gasteiger partial charge in [-0.15, -0.1) is 0 Å². The maximum atomic E-state index is 13.9. The predicted molar refractivity (Wildman–Crippen MR) is 168 cm³/mol. The molecule has 1 aliphatic rings. The number of carbonyl (C=O) groups excluding carboxylic acids is 2. The maximum Gasteiger partial charge on any atom is 0.243 e. The van der Waals surface area contributed by atoms with Crippen molar-refractivity contribution in [2.24, 2.45) is 11.8 Å². The van der Waals surface area contributed by atoms with Gasteiger partial charge in [0.1, 0.15) is 18.0 Å². The number of H-pyrrole nitrogens is 1. The summed E-state index contributed by atoms with van der Waals surface area (Å²) >= 11 is 0. The van der Waals surface area contributed by atoms with Gasteiger partial charge in [0.05, 0.1) is 34.9 Å². The maximum absolute atomic E-state index is 13.9. The molecule has 1 aromatic heterocycles. The highest BCUT2D eigenvalue weighted by Crippen LogP contribution is 2.35. The summed E-state index contributed by atoms with van der Waals surface area (Å²) in [5, 5.41) is 27.4. The lowest BCUT2D eigenvalue weighted by atomic mass is 9.94. The molecule has 0 aliphatic heterocycles. The van der Waals surface area contributed by atoms with Crippen molar-refractivity contribution in [2.45, 2.75) is 81.9 Å². The Balaban J connectivity index is 1.59. The number of nitrogens with zero attached hydrogens (tertiary/aromatic N) is 1. The average molecular weight is 643 g/mol. The van der Waals surface area contributed by atoms with E-state index in [0.717, 1.165) is 18.4 Å². The Morgan fingerprint density at radius 3 is 2.18 bits per heavy atom. The van der Waals surface area contributed by atoms with Gasteiger partial charge < -0.3 is 25.8 Å². The van der Waals surface area contributed by atoms with Crippen LogP contribution < -0.4 is 10.6 Å². The van der Waals surface area contributed by atoms with E-state index in [1.807, 2.05) is 18.2 Å². The highest BCUT2D eigenvalue weighted by atomic mass is 32.2. The van der Waals surface area contributed by atoms with Crippen LogP contribution in [0.2, 0.25) is 0 Å². The summed E-state index contributed by atoms with van der Waals surface area (Å²) in [6, 6.07) is 12.6. The highest BCUT2D eigenvalue weighted by molar-refractivity contribution is 7.92. The van der Waals surface area contributed by atoms with Gasteiger partial charge in [0, 0.05) is 18.3 Å². The second-order valence-electron chi connectivity index (χ2n) is 12.9. The van der Waals surface area contributed by atoms with E-state index in [1.54, 1.807) is 45.0 Å². The summed E-state index contributed by atoms with van der Waals surface area (Å²) in [5.41, 5.74) is 1.95. The number of hydrogen-bond donors (Lipinski definition) is 5. The van der Waals surface area contributed by atoms with E-state index < -0.39 is 68.2 Å². The van der Waals surface area contributed by atoms with E-state index >= 15 is 0 Å². The number of halogens is 1. The number of rotatable bonds is 15. The standard InChI is InChI=1S/C33H43FN4O6S/c1-33(2,3)45(43,44)19-24(15-21-7-5-4-6-8-21)31(41)38-28(17-26-18-35-20-36-26)32(42)37-27(30(40)29(39)23-11-12-23)16-22-9-13-25(34)14-10-22/h4-10,13-14,18,20,23-24,27-30,39-40H,11-12,15-17,19H2,1-3H3,(H,35,36)(H,37,42)(H,38,41)/t24-,27+,28+,29+,30-/m1/s1. The molecule has 2 aromatic carbocycles. The van der Waals surface area contributed by atoms with E-state index in [9.17, 15) is 32.6 Å². The summed E-state index contributed by atoms with van der Waals surface area (Å²) in [4.78, 5) is 34.6. The zero-order valence-corrected chi connectivity index (χ0v) is 26.6. The zero-order chi connectivity index (χ0) is 32.8. The first-order valence-electron chi connectivity index (χ1n) is 15.2. The minimum atomic E-state index is -3.71. The second-order valence-corrected chi connectivity index (χ2v) is 15.7. The fourth-order valence-corrected chi connectivity index (χ4v) is 6.42. The minimum absolute atomic E-state index is 0.00614. The van der Waals surface area contributed by atoms with Gasteiger partial charge in [-0.05, 0) is 75.6 Å². The van der Waals surface area contributed by atoms with Crippen molar-refractivity contribution in [1.29, 1.82) is 0 Å². The monoisotopic (exact) mass is 642 g/mol. The van der Waals surface area contributed by atoms with Crippen LogP contribution >= 0.6 is 0 Å². The third-order valence-electron chi connectivity index (χ3n) is 8.22. The minimum Gasteiger partial charge on any atom is -0.390 e. The Hall–Kier alpha value is -3.61. The van der Waals surface area contributed by atoms with Crippen LogP contribution in [0.3, 0.4) is 0 Å². The lowest BCUT2D eigenvalue weighted by Crippen LogP contribution is -2.57. The molecule has 10 nitrogen and oxygen atoms in total. The molecule has 5 atom stereocenters. The fourth-order valence-electron chi connectivity index (χ4n) is 5.13. The normalized spacial score (nSPS) is 17.1. The first kappa shape index (κ1) is 34.3. The Labute approximate surface area is 263 Å². The van der Waals surface area contributed by atoms with Crippen molar-refractivity contribution in [3.8, 4) is 0 Å². The lowest BCUT2D eigenvalue weighted by molar-refractivity contribution is -0.132. The number of imidazole rings is 1. The van der Waals surface area contributed by atoms with Crippen molar-refractivity contribution in [1.82, 2.24) is 20.6 Å². The Kier molecular flexibility index (Phi) is 11.2. The predicted octanol–water partition coefficient (Wildman–Crippen LogP) is 2.51. The lowest BCUT2D eigenvalue weighted by Gasteiger charge is -2.30. The molecule has 2 amide bonds. The summed E-state index contributed by atoms with van der Waals surface area (Å²) in [6.45, 7) is 4.74. The van der Waals surface area contributed by atoms with Crippen LogP contribution in [0.15, 0.2) is 67.1 Å². The molecule has 12 heteroatoms. The molecule has 1 saturated carbocycles. The Bertz CT molecular complexity index is 1510. The van der Waals surface area contributed by atoms with Crippen LogP contribution in [-0.2, 0) is 38.7 Å². The molecule has 1 fully saturated rings. The number of aliphatic hydroxyl groups excluding tert-OH is 2. The third-order valence-corrected chi connectivity index (χ3v) is 10.9. The van der Waals surface area contributed by atoms with Gasteiger partial charge in [0.15, 0.2) is 9.84 Å². The van der Waals surface area contributed by atoms with Gasteiger partial charge in [-0.1, -0.05) is 42.5 Å². The van der Waals surface area contributed by atoms with Crippen LogP contribution in [-0.4, -0.2) is 75.2 Å². The molecule has 1 aliphatic carbocycles. The van der Waals surface area contributed by atoms with Crippen molar-refractivity contribution in [3.05, 3.63) is 89.8 Å². The van der Waals surface area contributed by atoms with Crippen LogP contribution in [0.25, 0.3) is 0 Å². The molecule has 45 heavy (non-hydrogen) atoms. The first-order chi connectivity index (χ1) is 21.2. The molecule has 0 bridgehead atoms. The second kappa shape index (κ2) is 14.7.